The lowest BCUT2D eigenvalue weighted by Gasteiger charge is -2.28. The molecule has 0 aliphatic heterocycles. The van der Waals surface area contributed by atoms with Crippen molar-refractivity contribution >= 4 is 15.9 Å². The highest BCUT2D eigenvalue weighted by Gasteiger charge is 2.32. The fourth-order valence-corrected chi connectivity index (χ4v) is 3.48. The Bertz CT molecular complexity index is 183. The molecule has 0 saturated heterocycles. The number of rotatable bonds is 6. The molecule has 0 N–H and O–H groups in total. The molecule has 0 amide bonds. The minimum atomic E-state index is 0.486. The molecular weight excluding hydrogens is 252 g/mol. The van der Waals surface area contributed by atoms with Gasteiger partial charge in [-0.25, -0.2) is 0 Å². The van der Waals surface area contributed by atoms with Gasteiger partial charge in [0.15, 0.2) is 0 Å². The summed E-state index contributed by atoms with van der Waals surface area (Å²) in [6.45, 7) is 1.99. The summed E-state index contributed by atoms with van der Waals surface area (Å²) in [7, 11) is 0. The Balaban J connectivity index is 1.58. The molecule has 0 aromatic rings. The molecule has 0 spiro atoms. The van der Waals surface area contributed by atoms with Crippen molar-refractivity contribution in [1.82, 2.24) is 0 Å². The lowest BCUT2D eigenvalue weighted by atomic mass is 9.83. The summed E-state index contributed by atoms with van der Waals surface area (Å²) in [5.74, 6) is 0.994. The van der Waals surface area contributed by atoms with Crippen molar-refractivity contribution in [3.63, 3.8) is 0 Å². The van der Waals surface area contributed by atoms with Crippen molar-refractivity contribution in [1.29, 1.82) is 0 Å². The van der Waals surface area contributed by atoms with Gasteiger partial charge in [-0.05, 0) is 25.2 Å². The number of hydrogen-bond acceptors (Lipinski definition) is 1. The monoisotopic (exact) mass is 274 g/mol. The highest BCUT2D eigenvalue weighted by Crippen LogP contribution is 2.40. The molecule has 2 aliphatic rings. The fourth-order valence-electron chi connectivity index (χ4n) is 2.76. The summed E-state index contributed by atoms with van der Waals surface area (Å²) in [5.41, 5.74) is 0.486. The lowest BCUT2D eigenvalue weighted by Crippen LogP contribution is -2.26. The van der Waals surface area contributed by atoms with Gasteiger partial charge in [-0.2, -0.15) is 0 Å². The first-order valence-electron chi connectivity index (χ1n) is 6.48. The first kappa shape index (κ1) is 11.9. The van der Waals surface area contributed by atoms with E-state index in [1.807, 2.05) is 0 Å². The second kappa shape index (κ2) is 5.67. The zero-order valence-electron chi connectivity index (χ0n) is 9.64. The summed E-state index contributed by atoms with van der Waals surface area (Å²) < 4.78 is 5.89. The maximum atomic E-state index is 5.89. The van der Waals surface area contributed by atoms with Gasteiger partial charge in [0.1, 0.15) is 0 Å². The Hall–Kier alpha value is 0.440. The van der Waals surface area contributed by atoms with Gasteiger partial charge in [-0.15, -0.1) is 0 Å². The molecule has 0 heterocycles. The van der Waals surface area contributed by atoms with E-state index >= 15 is 0 Å². The van der Waals surface area contributed by atoms with Crippen LogP contribution in [0.15, 0.2) is 0 Å². The second-order valence-electron chi connectivity index (χ2n) is 5.48. The molecule has 0 aromatic heterocycles. The summed E-state index contributed by atoms with van der Waals surface area (Å²) in [6.07, 6.45) is 11.2. The SMILES string of the molecule is BrCC1(COCCC2CCC2)CCCC1. The van der Waals surface area contributed by atoms with E-state index in [2.05, 4.69) is 15.9 Å². The molecule has 88 valence electrons. The van der Waals surface area contributed by atoms with Crippen LogP contribution in [0.25, 0.3) is 0 Å². The molecule has 1 nitrogen and oxygen atoms in total. The molecular formula is C13H23BrO. The van der Waals surface area contributed by atoms with Crippen LogP contribution in [0.1, 0.15) is 51.4 Å². The Morgan fingerprint density at radius 2 is 1.87 bits per heavy atom. The first-order valence-corrected chi connectivity index (χ1v) is 7.61. The van der Waals surface area contributed by atoms with E-state index in [0.717, 1.165) is 24.5 Å². The molecule has 2 heteroatoms. The van der Waals surface area contributed by atoms with Gasteiger partial charge in [-0.1, -0.05) is 48.0 Å². The van der Waals surface area contributed by atoms with Crippen molar-refractivity contribution in [3.05, 3.63) is 0 Å². The predicted molar refractivity (Wildman–Crippen MR) is 67.5 cm³/mol. The second-order valence-corrected chi connectivity index (χ2v) is 6.04. The van der Waals surface area contributed by atoms with Crippen molar-refractivity contribution in [2.75, 3.05) is 18.5 Å². The van der Waals surface area contributed by atoms with E-state index in [0.29, 0.717) is 5.41 Å². The highest BCUT2D eigenvalue weighted by atomic mass is 79.9. The number of alkyl halides is 1. The van der Waals surface area contributed by atoms with Crippen LogP contribution in [0.3, 0.4) is 0 Å². The highest BCUT2D eigenvalue weighted by molar-refractivity contribution is 9.09. The third-order valence-electron chi connectivity index (χ3n) is 4.25. The largest absolute Gasteiger partial charge is 0.381 e. The molecule has 0 bridgehead atoms. The zero-order valence-corrected chi connectivity index (χ0v) is 11.2. The molecule has 0 aromatic carbocycles. The average molecular weight is 275 g/mol. The van der Waals surface area contributed by atoms with Gasteiger partial charge in [0, 0.05) is 17.4 Å². The Morgan fingerprint density at radius 3 is 2.40 bits per heavy atom. The van der Waals surface area contributed by atoms with E-state index in [4.69, 9.17) is 4.74 Å². The minimum Gasteiger partial charge on any atom is -0.381 e. The van der Waals surface area contributed by atoms with Crippen LogP contribution in [-0.2, 0) is 4.74 Å². The van der Waals surface area contributed by atoms with Gasteiger partial charge in [0.2, 0.25) is 0 Å². The number of ether oxygens (including phenoxy) is 1. The van der Waals surface area contributed by atoms with E-state index < -0.39 is 0 Å². The fraction of sp³-hybridized carbons (Fsp3) is 1.00. The van der Waals surface area contributed by atoms with Gasteiger partial charge < -0.3 is 4.74 Å². The van der Waals surface area contributed by atoms with Crippen molar-refractivity contribution < 1.29 is 4.74 Å². The average Bonchev–Trinajstić information content (AvgIpc) is 2.64. The zero-order chi connectivity index (χ0) is 10.6. The molecule has 2 saturated carbocycles. The Kier molecular flexibility index (Phi) is 4.51. The smallest absolute Gasteiger partial charge is 0.0530 e. The van der Waals surface area contributed by atoms with Crippen LogP contribution >= 0.6 is 15.9 Å². The minimum absolute atomic E-state index is 0.486. The van der Waals surface area contributed by atoms with Gasteiger partial charge in [0.25, 0.3) is 0 Å². The summed E-state index contributed by atoms with van der Waals surface area (Å²) in [5, 5.41) is 1.13. The summed E-state index contributed by atoms with van der Waals surface area (Å²) in [4.78, 5) is 0. The Labute approximate surface area is 102 Å². The van der Waals surface area contributed by atoms with E-state index in [1.54, 1.807) is 0 Å². The van der Waals surface area contributed by atoms with E-state index in [9.17, 15) is 0 Å². The van der Waals surface area contributed by atoms with Crippen molar-refractivity contribution in [3.8, 4) is 0 Å². The predicted octanol–water partition coefficient (Wildman–Crippen LogP) is 4.15. The van der Waals surface area contributed by atoms with E-state index in [1.165, 1.54) is 51.4 Å². The van der Waals surface area contributed by atoms with Crippen LogP contribution in [0.5, 0.6) is 0 Å². The maximum Gasteiger partial charge on any atom is 0.0530 e. The topological polar surface area (TPSA) is 9.23 Å². The van der Waals surface area contributed by atoms with Crippen LogP contribution in [0, 0.1) is 11.3 Å². The molecule has 15 heavy (non-hydrogen) atoms. The van der Waals surface area contributed by atoms with Crippen LogP contribution in [0.4, 0.5) is 0 Å². The lowest BCUT2D eigenvalue weighted by molar-refractivity contribution is 0.0456. The van der Waals surface area contributed by atoms with Gasteiger partial charge >= 0.3 is 0 Å². The third-order valence-corrected chi connectivity index (χ3v) is 5.44. The van der Waals surface area contributed by atoms with Crippen LogP contribution < -0.4 is 0 Å². The molecule has 2 aliphatic carbocycles. The molecule has 0 radical (unpaired) electrons. The standard InChI is InChI=1S/C13H23BrO/c14-10-13(7-1-2-8-13)11-15-9-6-12-4-3-5-12/h12H,1-11H2. The van der Waals surface area contributed by atoms with Gasteiger partial charge in [0.05, 0.1) is 6.61 Å². The van der Waals surface area contributed by atoms with E-state index in [-0.39, 0.29) is 0 Å². The normalized spacial score (nSPS) is 25.4. The quantitative estimate of drug-likeness (QED) is 0.522. The number of hydrogen-bond donors (Lipinski definition) is 0. The van der Waals surface area contributed by atoms with Crippen molar-refractivity contribution in [2.45, 2.75) is 51.4 Å². The van der Waals surface area contributed by atoms with Gasteiger partial charge in [-0.3, -0.25) is 0 Å². The summed E-state index contributed by atoms with van der Waals surface area (Å²) in [6, 6.07) is 0. The summed E-state index contributed by atoms with van der Waals surface area (Å²) >= 11 is 3.66. The number of halogens is 1. The molecule has 0 atom stereocenters. The maximum absolute atomic E-state index is 5.89. The molecule has 0 unspecified atom stereocenters. The van der Waals surface area contributed by atoms with Crippen LogP contribution in [-0.4, -0.2) is 18.5 Å². The molecule has 2 rings (SSSR count). The molecule has 2 fully saturated rings. The Morgan fingerprint density at radius 1 is 1.13 bits per heavy atom. The van der Waals surface area contributed by atoms with Crippen molar-refractivity contribution in [2.24, 2.45) is 11.3 Å². The van der Waals surface area contributed by atoms with Crippen LogP contribution in [0.2, 0.25) is 0 Å². The first-order chi connectivity index (χ1) is 7.35. The third kappa shape index (κ3) is 3.20.